The molecular formula is C10H17NO3. The monoisotopic (exact) mass is 199 g/mol. The van der Waals surface area contributed by atoms with Crippen LogP contribution in [-0.2, 0) is 9.53 Å². The van der Waals surface area contributed by atoms with Crippen LogP contribution in [0.25, 0.3) is 0 Å². The van der Waals surface area contributed by atoms with E-state index in [1.807, 2.05) is 13.8 Å². The first kappa shape index (κ1) is 11.0. The van der Waals surface area contributed by atoms with Gasteiger partial charge in [0.05, 0.1) is 7.11 Å². The molecule has 1 atom stereocenters. The minimum absolute atomic E-state index is 0.0209. The van der Waals surface area contributed by atoms with Crippen molar-refractivity contribution in [2.45, 2.75) is 32.7 Å². The topological polar surface area (TPSA) is 46.6 Å². The molecule has 0 aromatic carbocycles. The number of carbonyl (C=O) groups is 2. The number of carbonyl (C=O) groups excluding carboxylic acids is 2. The summed E-state index contributed by atoms with van der Waals surface area (Å²) in [7, 11) is 1.37. The van der Waals surface area contributed by atoms with Crippen molar-refractivity contribution >= 4 is 12.4 Å². The quantitative estimate of drug-likeness (QED) is 0.632. The van der Waals surface area contributed by atoms with E-state index in [4.69, 9.17) is 0 Å². The molecule has 1 amide bonds. The van der Waals surface area contributed by atoms with Crippen molar-refractivity contribution in [3.8, 4) is 0 Å². The number of ether oxygens (including phenoxy) is 1. The molecule has 4 heteroatoms. The number of hydrogen-bond donors (Lipinski definition) is 0. The van der Waals surface area contributed by atoms with Crippen LogP contribution >= 0.6 is 0 Å². The smallest absolute Gasteiger partial charge is 0.409 e. The van der Waals surface area contributed by atoms with Crippen LogP contribution in [-0.4, -0.2) is 37.0 Å². The fourth-order valence-corrected chi connectivity index (χ4v) is 1.95. The zero-order chi connectivity index (χ0) is 10.8. The number of hydrogen-bond acceptors (Lipinski definition) is 3. The maximum absolute atomic E-state index is 11.4. The molecule has 80 valence electrons. The average Bonchev–Trinajstić information content (AvgIpc) is 2.65. The molecule has 0 aromatic heterocycles. The summed E-state index contributed by atoms with van der Waals surface area (Å²) in [5, 5.41) is 0. The molecule has 1 fully saturated rings. The lowest BCUT2D eigenvalue weighted by molar-refractivity contribution is -0.117. The van der Waals surface area contributed by atoms with Gasteiger partial charge in [0, 0.05) is 18.0 Å². The Morgan fingerprint density at radius 1 is 1.57 bits per heavy atom. The van der Waals surface area contributed by atoms with Crippen LogP contribution in [0.4, 0.5) is 4.79 Å². The third-order valence-electron chi connectivity index (χ3n) is 2.82. The van der Waals surface area contributed by atoms with E-state index in [0.717, 1.165) is 19.1 Å². The largest absolute Gasteiger partial charge is 0.453 e. The van der Waals surface area contributed by atoms with Crippen molar-refractivity contribution in [2.24, 2.45) is 5.41 Å². The van der Waals surface area contributed by atoms with Gasteiger partial charge in [-0.25, -0.2) is 4.79 Å². The molecule has 1 aliphatic rings. The average molecular weight is 199 g/mol. The first-order valence-electron chi connectivity index (χ1n) is 4.84. The van der Waals surface area contributed by atoms with E-state index < -0.39 is 5.41 Å². The first-order chi connectivity index (χ1) is 6.53. The highest BCUT2D eigenvalue weighted by Gasteiger charge is 2.40. The molecule has 0 radical (unpaired) electrons. The number of likely N-dealkylation sites (tertiary alicyclic amines) is 1. The predicted octanol–water partition coefficient (Wildman–Crippen LogP) is 1.44. The Balaban J connectivity index is 2.78. The number of methoxy groups -OCH3 is 1. The minimum Gasteiger partial charge on any atom is -0.453 e. The lowest BCUT2D eigenvalue weighted by Gasteiger charge is -2.32. The van der Waals surface area contributed by atoms with E-state index >= 15 is 0 Å². The molecule has 1 aliphatic heterocycles. The van der Waals surface area contributed by atoms with Crippen molar-refractivity contribution in [1.82, 2.24) is 4.90 Å². The summed E-state index contributed by atoms with van der Waals surface area (Å²) in [5.41, 5.74) is -0.481. The van der Waals surface area contributed by atoms with Crippen molar-refractivity contribution in [3.63, 3.8) is 0 Å². The molecule has 0 aromatic rings. The third-order valence-corrected chi connectivity index (χ3v) is 2.82. The molecule has 0 aliphatic carbocycles. The fraction of sp³-hybridized carbons (Fsp3) is 0.800. The number of amides is 1. The molecule has 0 spiro atoms. The Kier molecular flexibility index (Phi) is 3.13. The van der Waals surface area contributed by atoms with Crippen LogP contribution in [0.5, 0.6) is 0 Å². The normalized spacial score (nSPS) is 22.2. The predicted molar refractivity (Wildman–Crippen MR) is 52.0 cm³/mol. The van der Waals surface area contributed by atoms with Crippen molar-refractivity contribution in [3.05, 3.63) is 0 Å². The van der Waals surface area contributed by atoms with E-state index in [9.17, 15) is 9.59 Å². The third kappa shape index (κ3) is 1.89. The van der Waals surface area contributed by atoms with Crippen LogP contribution in [0, 0.1) is 5.41 Å². The minimum atomic E-state index is -0.481. The van der Waals surface area contributed by atoms with Gasteiger partial charge in [0.1, 0.15) is 6.29 Å². The van der Waals surface area contributed by atoms with Crippen LogP contribution in [0.2, 0.25) is 0 Å². The summed E-state index contributed by atoms with van der Waals surface area (Å²) >= 11 is 0. The highest BCUT2D eigenvalue weighted by atomic mass is 16.5. The van der Waals surface area contributed by atoms with Gasteiger partial charge < -0.3 is 14.4 Å². The van der Waals surface area contributed by atoms with Gasteiger partial charge in [-0.15, -0.1) is 0 Å². The molecule has 1 heterocycles. The number of rotatable bonds is 2. The van der Waals surface area contributed by atoms with Crippen LogP contribution in [0.1, 0.15) is 26.7 Å². The van der Waals surface area contributed by atoms with E-state index in [1.165, 1.54) is 7.11 Å². The van der Waals surface area contributed by atoms with E-state index in [1.54, 1.807) is 4.90 Å². The number of nitrogens with zero attached hydrogens (tertiary/aromatic N) is 1. The van der Waals surface area contributed by atoms with Gasteiger partial charge >= 0.3 is 6.09 Å². The summed E-state index contributed by atoms with van der Waals surface area (Å²) in [5.74, 6) is 0. The molecule has 0 bridgehead atoms. The summed E-state index contributed by atoms with van der Waals surface area (Å²) < 4.78 is 4.68. The standard InChI is InChI=1S/C10H17NO3/c1-10(2,7-12)8-5-4-6-11(8)9(13)14-3/h7-8H,4-6H2,1-3H3. The van der Waals surface area contributed by atoms with Crippen LogP contribution in [0.3, 0.4) is 0 Å². The van der Waals surface area contributed by atoms with E-state index in [0.29, 0.717) is 6.54 Å². The zero-order valence-electron chi connectivity index (χ0n) is 8.95. The zero-order valence-corrected chi connectivity index (χ0v) is 8.95. The summed E-state index contributed by atoms with van der Waals surface area (Å²) in [6.45, 7) is 4.40. The Morgan fingerprint density at radius 2 is 2.21 bits per heavy atom. The van der Waals surface area contributed by atoms with E-state index in [-0.39, 0.29) is 12.1 Å². The van der Waals surface area contributed by atoms with Crippen LogP contribution < -0.4 is 0 Å². The Bertz CT molecular complexity index is 238. The summed E-state index contributed by atoms with van der Waals surface area (Å²) in [6.07, 6.45) is 2.40. The van der Waals surface area contributed by atoms with Gasteiger partial charge in [-0.2, -0.15) is 0 Å². The molecule has 14 heavy (non-hydrogen) atoms. The molecule has 0 saturated carbocycles. The summed E-state index contributed by atoms with van der Waals surface area (Å²) in [6, 6.07) is -0.0209. The molecule has 4 nitrogen and oxygen atoms in total. The van der Waals surface area contributed by atoms with Gasteiger partial charge in [0.2, 0.25) is 0 Å². The molecule has 1 rings (SSSR count). The molecule has 0 N–H and O–H groups in total. The highest BCUT2D eigenvalue weighted by Crippen LogP contribution is 2.31. The second-order valence-electron chi connectivity index (χ2n) is 4.26. The van der Waals surface area contributed by atoms with Crippen molar-refractivity contribution in [2.75, 3.05) is 13.7 Å². The van der Waals surface area contributed by atoms with Gasteiger partial charge in [-0.3, -0.25) is 0 Å². The fourth-order valence-electron chi connectivity index (χ4n) is 1.95. The molecule has 1 saturated heterocycles. The van der Waals surface area contributed by atoms with Crippen LogP contribution in [0.15, 0.2) is 0 Å². The Labute approximate surface area is 84.2 Å². The van der Waals surface area contributed by atoms with Gasteiger partial charge in [-0.1, -0.05) is 13.8 Å². The first-order valence-corrected chi connectivity index (χ1v) is 4.84. The van der Waals surface area contributed by atoms with Gasteiger partial charge in [0.15, 0.2) is 0 Å². The van der Waals surface area contributed by atoms with Crippen molar-refractivity contribution < 1.29 is 14.3 Å². The van der Waals surface area contributed by atoms with Gasteiger partial charge in [0.25, 0.3) is 0 Å². The summed E-state index contributed by atoms with van der Waals surface area (Å²) in [4.78, 5) is 23.9. The molecular weight excluding hydrogens is 182 g/mol. The lowest BCUT2D eigenvalue weighted by atomic mass is 9.84. The Morgan fingerprint density at radius 3 is 2.71 bits per heavy atom. The second kappa shape index (κ2) is 3.98. The highest BCUT2D eigenvalue weighted by molar-refractivity contribution is 5.70. The SMILES string of the molecule is COC(=O)N1CCCC1C(C)(C)C=O. The maximum atomic E-state index is 11.4. The second-order valence-corrected chi connectivity index (χ2v) is 4.26. The maximum Gasteiger partial charge on any atom is 0.409 e. The van der Waals surface area contributed by atoms with E-state index in [2.05, 4.69) is 4.74 Å². The Hall–Kier alpha value is -1.06. The van der Waals surface area contributed by atoms with Gasteiger partial charge in [-0.05, 0) is 12.8 Å². The van der Waals surface area contributed by atoms with Crippen molar-refractivity contribution in [1.29, 1.82) is 0 Å². The molecule has 1 unspecified atom stereocenters. The number of aldehydes is 1. The lowest BCUT2D eigenvalue weighted by Crippen LogP contribution is -2.45.